The van der Waals surface area contributed by atoms with Gasteiger partial charge in [-0.15, -0.1) is 11.8 Å². The molecule has 2 nitrogen and oxygen atoms in total. The zero-order valence-electron chi connectivity index (χ0n) is 10.9. The Morgan fingerprint density at radius 3 is 2.53 bits per heavy atom. The van der Waals surface area contributed by atoms with Gasteiger partial charge in [0.15, 0.2) is 0 Å². The van der Waals surface area contributed by atoms with Crippen LogP contribution in [0.3, 0.4) is 0 Å². The highest BCUT2D eigenvalue weighted by Crippen LogP contribution is 2.18. The van der Waals surface area contributed by atoms with E-state index in [2.05, 4.69) is 38.1 Å². The Bertz CT molecular complexity index is 348. The number of aryl methyl sites for hydroxylation is 1. The molecule has 0 radical (unpaired) electrons. The molecule has 0 spiro atoms. The zero-order valence-corrected chi connectivity index (χ0v) is 11.7. The van der Waals surface area contributed by atoms with Crippen molar-refractivity contribution in [3.05, 3.63) is 29.8 Å². The summed E-state index contributed by atoms with van der Waals surface area (Å²) in [5.74, 6) is 0.743. The Balaban J connectivity index is 2.34. The molecule has 0 atom stereocenters. The molecule has 0 saturated carbocycles. The Morgan fingerprint density at radius 2 is 1.94 bits per heavy atom. The van der Waals surface area contributed by atoms with Gasteiger partial charge in [0.1, 0.15) is 0 Å². The quantitative estimate of drug-likeness (QED) is 0.723. The van der Waals surface area contributed by atoms with E-state index in [1.807, 2.05) is 11.9 Å². The first-order valence-electron chi connectivity index (χ1n) is 6.07. The Morgan fingerprint density at radius 1 is 1.29 bits per heavy atom. The van der Waals surface area contributed by atoms with E-state index in [-0.39, 0.29) is 5.91 Å². The first-order valence-corrected chi connectivity index (χ1v) is 7.05. The SMILES string of the molecule is CCCCN(C)C(=O)CSc1ccc(C)cc1. The van der Waals surface area contributed by atoms with Gasteiger partial charge in [0.05, 0.1) is 5.75 Å². The molecule has 1 aromatic carbocycles. The van der Waals surface area contributed by atoms with E-state index in [0.29, 0.717) is 5.75 Å². The van der Waals surface area contributed by atoms with Crippen molar-refractivity contribution in [2.45, 2.75) is 31.6 Å². The molecule has 0 aliphatic rings. The van der Waals surface area contributed by atoms with Crippen molar-refractivity contribution < 1.29 is 4.79 Å². The van der Waals surface area contributed by atoms with Crippen LogP contribution in [-0.4, -0.2) is 30.2 Å². The van der Waals surface area contributed by atoms with Gasteiger partial charge in [0.25, 0.3) is 0 Å². The smallest absolute Gasteiger partial charge is 0.232 e. The maximum absolute atomic E-state index is 11.8. The largest absolute Gasteiger partial charge is 0.345 e. The number of hydrogen-bond donors (Lipinski definition) is 0. The molecule has 1 rings (SSSR count). The molecule has 0 aromatic heterocycles. The summed E-state index contributed by atoms with van der Waals surface area (Å²) >= 11 is 1.61. The van der Waals surface area contributed by atoms with Crippen molar-refractivity contribution >= 4 is 17.7 Å². The minimum atomic E-state index is 0.212. The summed E-state index contributed by atoms with van der Waals surface area (Å²) < 4.78 is 0. The standard InChI is InChI=1S/C14H21NOS/c1-4-5-10-15(3)14(16)11-17-13-8-6-12(2)7-9-13/h6-9H,4-5,10-11H2,1-3H3. The van der Waals surface area contributed by atoms with E-state index >= 15 is 0 Å². The lowest BCUT2D eigenvalue weighted by atomic mass is 10.2. The predicted octanol–water partition coefficient (Wildman–Crippen LogP) is 3.35. The summed E-state index contributed by atoms with van der Waals surface area (Å²) in [6.07, 6.45) is 2.21. The second kappa shape index (κ2) is 7.38. The van der Waals surface area contributed by atoms with E-state index in [1.54, 1.807) is 11.8 Å². The van der Waals surface area contributed by atoms with Gasteiger partial charge in [0, 0.05) is 18.5 Å². The fraction of sp³-hybridized carbons (Fsp3) is 0.500. The number of carbonyl (C=O) groups is 1. The van der Waals surface area contributed by atoms with E-state index < -0.39 is 0 Å². The molecule has 0 fully saturated rings. The number of thioether (sulfide) groups is 1. The van der Waals surface area contributed by atoms with Gasteiger partial charge in [0.2, 0.25) is 5.91 Å². The number of unbranched alkanes of at least 4 members (excludes halogenated alkanes) is 1. The highest BCUT2D eigenvalue weighted by molar-refractivity contribution is 8.00. The first-order chi connectivity index (χ1) is 8.13. The maximum Gasteiger partial charge on any atom is 0.232 e. The predicted molar refractivity (Wildman–Crippen MR) is 74.4 cm³/mol. The van der Waals surface area contributed by atoms with Crippen LogP contribution in [0.4, 0.5) is 0 Å². The van der Waals surface area contributed by atoms with Gasteiger partial charge in [-0.1, -0.05) is 31.0 Å². The molecule has 17 heavy (non-hydrogen) atoms. The Hall–Kier alpha value is -0.960. The lowest BCUT2D eigenvalue weighted by Gasteiger charge is -2.16. The van der Waals surface area contributed by atoms with Gasteiger partial charge >= 0.3 is 0 Å². The van der Waals surface area contributed by atoms with Gasteiger partial charge in [-0.2, -0.15) is 0 Å². The third-order valence-corrected chi connectivity index (χ3v) is 3.65. The van der Waals surface area contributed by atoms with E-state index in [0.717, 1.165) is 24.3 Å². The Kier molecular flexibility index (Phi) is 6.12. The lowest BCUT2D eigenvalue weighted by Crippen LogP contribution is -2.29. The zero-order chi connectivity index (χ0) is 12.7. The maximum atomic E-state index is 11.8. The fourth-order valence-electron chi connectivity index (χ4n) is 1.41. The molecule has 1 amide bonds. The summed E-state index contributed by atoms with van der Waals surface area (Å²) in [5.41, 5.74) is 1.25. The van der Waals surface area contributed by atoms with E-state index in [1.165, 1.54) is 5.56 Å². The van der Waals surface area contributed by atoms with Crippen LogP contribution in [0.15, 0.2) is 29.2 Å². The van der Waals surface area contributed by atoms with Crippen molar-refractivity contribution in [2.75, 3.05) is 19.3 Å². The molecule has 94 valence electrons. The molecule has 0 unspecified atom stereocenters. The Labute approximate surface area is 108 Å². The third kappa shape index (κ3) is 5.26. The number of rotatable bonds is 6. The van der Waals surface area contributed by atoms with Crippen molar-refractivity contribution in [1.82, 2.24) is 4.90 Å². The molecule has 0 N–H and O–H groups in total. The number of nitrogens with zero attached hydrogens (tertiary/aromatic N) is 1. The normalized spacial score (nSPS) is 10.3. The molecule has 0 aliphatic heterocycles. The van der Waals surface area contributed by atoms with Gasteiger partial charge in [-0.25, -0.2) is 0 Å². The monoisotopic (exact) mass is 251 g/mol. The minimum absolute atomic E-state index is 0.212. The number of carbonyl (C=O) groups excluding carboxylic acids is 1. The van der Waals surface area contributed by atoms with Crippen LogP contribution in [0.1, 0.15) is 25.3 Å². The van der Waals surface area contributed by atoms with Crippen molar-refractivity contribution in [3.63, 3.8) is 0 Å². The average Bonchev–Trinajstić information content (AvgIpc) is 2.34. The summed E-state index contributed by atoms with van der Waals surface area (Å²) in [7, 11) is 1.88. The summed E-state index contributed by atoms with van der Waals surface area (Å²) in [6, 6.07) is 8.29. The van der Waals surface area contributed by atoms with Crippen LogP contribution in [0.5, 0.6) is 0 Å². The fourth-order valence-corrected chi connectivity index (χ4v) is 2.25. The van der Waals surface area contributed by atoms with E-state index in [4.69, 9.17) is 0 Å². The van der Waals surface area contributed by atoms with Gasteiger partial charge in [-0.05, 0) is 25.5 Å². The molecule has 0 heterocycles. The second-order valence-corrected chi connectivity index (χ2v) is 5.32. The average molecular weight is 251 g/mol. The second-order valence-electron chi connectivity index (χ2n) is 4.27. The summed E-state index contributed by atoms with van der Waals surface area (Å²) in [6.45, 7) is 5.07. The highest BCUT2D eigenvalue weighted by Gasteiger charge is 2.08. The van der Waals surface area contributed by atoms with E-state index in [9.17, 15) is 4.79 Å². The molecule has 0 aliphatic carbocycles. The first kappa shape index (κ1) is 14.1. The van der Waals surface area contributed by atoms with Crippen LogP contribution >= 0.6 is 11.8 Å². The number of hydrogen-bond acceptors (Lipinski definition) is 2. The van der Waals surface area contributed by atoms with Crippen LogP contribution < -0.4 is 0 Å². The van der Waals surface area contributed by atoms with Crippen molar-refractivity contribution in [3.8, 4) is 0 Å². The van der Waals surface area contributed by atoms with Crippen molar-refractivity contribution in [1.29, 1.82) is 0 Å². The number of amides is 1. The summed E-state index contributed by atoms with van der Waals surface area (Å²) in [5, 5.41) is 0. The minimum Gasteiger partial charge on any atom is -0.345 e. The lowest BCUT2D eigenvalue weighted by molar-refractivity contribution is -0.127. The molecular formula is C14H21NOS. The third-order valence-electron chi connectivity index (χ3n) is 2.66. The van der Waals surface area contributed by atoms with Crippen LogP contribution in [-0.2, 0) is 4.79 Å². The van der Waals surface area contributed by atoms with Gasteiger partial charge < -0.3 is 4.90 Å². The van der Waals surface area contributed by atoms with Gasteiger partial charge in [-0.3, -0.25) is 4.79 Å². The molecule has 0 bridgehead atoms. The van der Waals surface area contributed by atoms with Crippen LogP contribution in [0.2, 0.25) is 0 Å². The topological polar surface area (TPSA) is 20.3 Å². The number of benzene rings is 1. The molecule has 3 heteroatoms. The van der Waals surface area contributed by atoms with Crippen LogP contribution in [0.25, 0.3) is 0 Å². The summed E-state index contributed by atoms with van der Waals surface area (Å²) in [4.78, 5) is 14.8. The molecular weight excluding hydrogens is 230 g/mol. The van der Waals surface area contributed by atoms with Crippen LogP contribution in [0, 0.1) is 6.92 Å². The molecule has 1 aromatic rings. The highest BCUT2D eigenvalue weighted by atomic mass is 32.2. The van der Waals surface area contributed by atoms with Crippen molar-refractivity contribution in [2.24, 2.45) is 0 Å². The molecule has 0 saturated heterocycles.